The Hall–Kier alpha value is -3.07. The van der Waals surface area contributed by atoms with Crippen LogP contribution in [0.3, 0.4) is 0 Å². The highest BCUT2D eigenvalue weighted by atomic mass is 35.5. The van der Waals surface area contributed by atoms with Crippen molar-refractivity contribution < 1.29 is 14.0 Å². The molecule has 0 saturated carbocycles. The maximum atomic E-state index is 12.7. The van der Waals surface area contributed by atoms with E-state index in [2.05, 4.69) is 6.58 Å². The summed E-state index contributed by atoms with van der Waals surface area (Å²) in [5.41, 5.74) is 1.08. The van der Waals surface area contributed by atoms with E-state index in [1.54, 1.807) is 37.3 Å². The summed E-state index contributed by atoms with van der Waals surface area (Å²) in [6, 6.07) is 10.3. The average Bonchev–Trinajstić information content (AvgIpc) is 3.11. The van der Waals surface area contributed by atoms with Crippen molar-refractivity contribution >= 4 is 41.1 Å². The molecule has 2 heterocycles. The number of benzene rings is 1. The second kappa shape index (κ2) is 7.89. The molecule has 0 aliphatic carbocycles. The molecule has 0 saturated heterocycles. The van der Waals surface area contributed by atoms with E-state index in [1.807, 2.05) is 6.07 Å². The number of nitrogens with zero attached hydrogens (tertiary/aromatic N) is 2. The van der Waals surface area contributed by atoms with E-state index in [1.165, 1.54) is 12.2 Å². The van der Waals surface area contributed by atoms with Crippen molar-refractivity contribution in [1.82, 2.24) is 4.90 Å². The minimum Gasteiger partial charge on any atom is -0.457 e. The van der Waals surface area contributed by atoms with Gasteiger partial charge in [0, 0.05) is 22.7 Å². The van der Waals surface area contributed by atoms with E-state index in [9.17, 15) is 14.9 Å². The molecule has 0 fully saturated rings. The summed E-state index contributed by atoms with van der Waals surface area (Å²) in [6.45, 7) is 5.12. The first-order valence-electron chi connectivity index (χ1n) is 8.22. The number of hydrogen-bond acceptors (Lipinski definition) is 4. The summed E-state index contributed by atoms with van der Waals surface area (Å²) >= 11 is 12.1. The van der Waals surface area contributed by atoms with Gasteiger partial charge in [0.25, 0.3) is 11.8 Å². The molecule has 5 nitrogen and oxygen atoms in total. The van der Waals surface area contributed by atoms with Crippen molar-refractivity contribution in [3.8, 4) is 17.4 Å². The summed E-state index contributed by atoms with van der Waals surface area (Å²) in [5, 5.41) is 10.3. The van der Waals surface area contributed by atoms with E-state index in [0.717, 1.165) is 4.90 Å². The molecule has 0 spiro atoms. The predicted molar refractivity (Wildman–Crippen MR) is 107 cm³/mol. The van der Waals surface area contributed by atoms with Crippen LogP contribution in [0.2, 0.25) is 10.0 Å². The van der Waals surface area contributed by atoms with Gasteiger partial charge in [-0.3, -0.25) is 14.5 Å². The van der Waals surface area contributed by atoms with E-state index >= 15 is 0 Å². The topological polar surface area (TPSA) is 74.3 Å². The third kappa shape index (κ3) is 3.53. The Morgan fingerprint density at radius 1 is 1.21 bits per heavy atom. The van der Waals surface area contributed by atoms with Gasteiger partial charge in [0.2, 0.25) is 0 Å². The van der Waals surface area contributed by atoms with E-state index in [-0.39, 0.29) is 17.7 Å². The summed E-state index contributed by atoms with van der Waals surface area (Å²) in [4.78, 5) is 26.0. The van der Waals surface area contributed by atoms with Gasteiger partial charge in [0.05, 0.1) is 5.02 Å². The Kier molecular flexibility index (Phi) is 5.55. The molecule has 1 aromatic heterocycles. The van der Waals surface area contributed by atoms with Gasteiger partial charge in [-0.1, -0.05) is 29.3 Å². The van der Waals surface area contributed by atoms with Crippen molar-refractivity contribution in [2.45, 2.75) is 6.92 Å². The van der Waals surface area contributed by atoms with Gasteiger partial charge in [0.1, 0.15) is 23.2 Å². The van der Waals surface area contributed by atoms with Gasteiger partial charge in [-0.2, -0.15) is 5.26 Å². The number of furan rings is 1. The van der Waals surface area contributed by atoms with Crippen molar-refractivity contribution in [3.63, 3.8) is 0 Å². The second-order valence-electron chi connectivity index (χ2n) is 6.01. The maximum absolute atomic E-state index is 12.7. The van der Waals surface area contributed by atoms with E-state index < -0.39 is 11.8 Å². The number of amides is 2. The molecule has 3 rings (SSSR count). The lowest BCUT2D eigenvalue weighted by Crippen LogP contribution is -2.42. The normalized spacial score (nSPS) is 15.9. The number of rotatable bonds is 4. The highest BCUT2D eigenvalue weighted by Crippen LogP contribution is 2.33. The minimum atomic E-state index is -0.630. The molecule has 28 heavy (non-hydrogen) atoms. The van der Waals surface area contributed by atoms with Crippen LogP contribution in [0.25, 0.3) is 17.4 Å². The quantitative estimate of drug-likeness (QED) is 0.400. The molecule has 1 aliphatic heterocycles. The molecule has 7 heteroatoms. The Morgan fingerprint density at radius 3 is 2.61 bits per heavy atom. The summed E-state index contributed by atoms with van der Waals surface area (Å²) < 4.78 is 5.80. The van der Waals surface area contributed by atoms with Gasteiger partial charge < -0.3 is 4.42 Å². The highest BCUT2D eigenvalue weighted by molar-refractivity contribution is 6.36. The molecule has 140 valence electrons. The van der Waals surface area contributed by atoms with E-state index in [0.29, 0.717) is 32.7 Å². The summed E-state index contributed by atoms with van der Waals surface area (Å²) in [7, 11) is 0. The highest BCUT2D eigenvalue weighted by Gasteiger charge is 2.34. The maximum Gasteiger partial charge on any atom is 0.271 e. The Balaban J connectivity index is 2.05. The van der Waals surface area contributed by atoms with Gasteiger partial charge in [-0.25, -0.2) is 0 Å². The first-order chi connectivity index (χ1) is 13.4. The number of carbonyl (C=O) groups excluding carboxylic acids is 2. The zero-order chi connectivity index (χ0) is 20.4. The lowest BCUT2D eigenvalue weighted by molar-refractivity contribution is -0.139. The van der Waals surface area contributed by atoms with Crippen LogP contribution in [0.5, 0.6) is 0 Å². The number of halogens is 2. The SMILES string of the molecule is C=CCN1C(=O)C(C#N)=C(C)/C(=C\c2ccc(-c3ccc(Cl)cc3Cl)o2)C1=O. The molecule has 0 radical (unpaired) electrons. The Morgan fingerprint density at radius 2 is 1.96 bits per heavy atom. The number of nitriles is 1. The van der Waals surface area contributed by atoms with Crippen molar-refractivity contribution in [3.05, 3.63) is 75.5 Å². The van der Waals surface area contributed by atoms with Crippen LogP contribution < -0.4 is 0 Å². The average molecular weight is 413 g/mol. The first kappa shape index (κ1) is 19.7. The lowest BCUT2D eigenvalue weighted by Gasteiger charge is -2.26. The zero-order valence-corrected chi connectivity index (χ0v) is 16.3. The van der Waals surface area contributed by atoms with Gasteiger partial charge in [-0.05, 0) is 48.9 Å². The minimum absolute atomic E-state index is 0.0112. The molecule has 1 aromatic carbocycles. The van der Waals surface area contributed by atoms with Gasteiger partial charge >= 0.3 is 0 Å². The molecule has 0 unspecified atom stereocenters. The number of hydrogen-bond donors (Lipinski definition) is 0. The van der Waals surface area contributed by atoms with Gasteiger partial charge in [-0.15, -0.1) is 6.58 Å². The van der Waals surface area contributed by atoms with Crippen LogP contribution in [-0.2, 0) is 9.59 Å². The van der Waals surface area contributed by atoms with Crippen molar-refractivity contribution in [2.24, 2.45) is 0 Å². The van der Waals surface area contributed by atoms with Crippen molar-refractivity contribution in [1.29, 1.82) is 5.26 Å². The van der Waals surface area contributed by atoms with Crippen LogP contribution in [0.15, 0.2) is 64.1 Å². The third-order valence-corrected chi connectivity index (χ3v) is 4.79. The molecule has 1 aliphatic rings. The molecule has 0 atom stereocenters. The number of imide groups is 1. The Bertz CT molecular complexity index is 1100. The summed E-state index contributed by atoms with van der Waals surface area (Å²) in [5.74, 6) is -0.258. The van der Waals surface area contributed by atoms with Crippen LogP contribution in [0.1, 0.15) is 12.7 Å². The molecular weight excluding hydrogens is 399 g/mol. The standard InChI is InChI=1S/C21H14Cl2N2O3/c1-3-8-25-20(26)16(12(2)17(11-24)21(25)27)10-14-5-7-19(28-14)15-6-4-13(22)9-18(15)23/h3-7,9-10H,1,8H2,2H3/b16-10+. The fraction of sp³-hybridized carbons (Fsp3) is 0.0952. The zero-order valence-electron chi connectivity index (χ0n) is 14.8. The van der Waals surface area contributed by atoms with Crippen LogP contribution in [0.4, 0.5) is 0 Å². The van der Waals surface area contributed by atoms with Crippen LogP contribution in [0, 0.1) is 11.3 Å². The lowest BCUT2D eigenvalue weighted by atomic mass is 9.94. The van der Waals surface area contributed by atoms with Crippen molar-refractivity contribution in [2.75, 3.05) is 6.54 Å². The molecule has 2 aromatic rings. The fourth-order valence-corrected chi connectivity index (χ4v) is 3.33. The molecule has 0 N–H and O–H groups in total. The molecule has 0 bridgehead atoms. The predicted octanol–water partition coefficient (Wildman–Crippen LogP) is 5.03. The van der Waals surface area contributed by atoms with Crippen LogP contribution >= 0.6 is 23.2 Å². The van der Waals surface area contributed by atoms with Gasteiger partial charge in [0.15, 0.2) is 0 Å². The summed E-state index contributed by atoms with van der Waals surface area (Å²) in [6.07, 6.45) is 2.93. The smallest absolute Gasteiger partial charge is 0.271 e. The second-order valence-corrected chi connectivity index (χ2v) is 6.85. The fourth-order valence-electron chi connectivity index (χ4n) is 2.83. The Labute approximate surface area is 171 Å². The molecule has 2 amide bonds. The van der Waals surface area contributed by atoms with E-state index in [4.69, 9.17) is 27.6 Å². The molecular formula is C21H14Cl2N2O3. The largest absolute Gasteiger partial charge is 0.457 e. The van der Waals surface area contributed by atoms with Crippen LogP contribution in [-0.4, -0.2) is 23.3 Å². The number of carbonyl (C=O) groups is 2. The monoisotopic (exact) mass is 412 g/mol. The third-order valence-electron chi connectivity index (χ3n) is 4.25. The first-order valence-corrected chi connectivity index (χ1v) is 8.98.